The van der Waals surface area contributed by atoms with Gasteiger partial charge >= 0.3 is 6.03 Å². The average molecular weight is 465 g/mol. The van der Waals surface area contributed by atoms with Crippen LogP contribution < -0.4 is 10.6 Å². The maximum atomic E-state index is 14.0. The van der Waals surface area contributed by atoms with Crippen molar-refractivity contribution >= 4 is 17.5 Å². The molecule has 0 saturated carbocycles. The third-order valence-corrected chi connectivity index (χ3v) is 5.06. The van der Waals surface area contributed by atoms with Crippen LogP contribution in [0.1, 0.15) is 26.5 Å². The van der Waals surface area contributed by atoms with Gasteiger partial charge in [0.1, 0.15) is 11.6 Å². The third-order valence-electron chi connectivity index (χ3n) is 5.06. The Labute approximate surface area is 194 Å². The Morgan fingerprint density at radius 3 is 2.32 bits per heavy atom. The molecule has 0 saturated heterocycles. The second kappa shape index (κ2) is 9.01. The lowest BCUT2D eigenvalue weighted by Gasteiger charge is -2.14. The van der Waals surface area contributed by atoms with Gasteiger partial charge in [0.2, 0.25) is 0 Å². The Bertz CT molecular complexity index is 1350. The molecule has 174 valence electrons. The molecule has 2 aromatic heterocycles. The molecule has 0 aliphatic heterocycles. The number of hydrogen-bond acceptors (Lipinski definition) is 3. The van der Waals surface area contributed by atoms with Crippen molar-refractivity contribution in [3.63, 3.8) is 0 Å². The molecule has 4 rings (SSSR count). The van der Waals surface area contributed by atoms with Crippen LogP contribution in [-0.4, -0.2) is 20.8 Å². The molecule has 0 unspecified atom stereocenters. The van der Waals surface area contributed by atoms with Crippen LogP contribution >= 0.6 is 0 Å². The van der Waals surface area contributed by atoms with E-state index in [0.29, 0.717) is 29.3 Å². The second-order valence-electron chi connectivity index (χ2n) is 8.69. The van der Waals surface area contributed by atoms with Crippen molar-refractivity contribution in [2.75, 3.05) is 10.6 Å². The van der Waals surface area contributed by atoms with Gasteiger partial charge in [-0.15, -0.1) is 0 Å². The second-order valence-corrected chi connectivity index (χ2v) is 8.69. The van der Waals surface area contributed by atoms with Crippen LogP contribution in [0.25, 0.3) is 16.8 Å². The molecule has 0 radical (unpaired) electrons. The van der Waals surface area contributed by atoms with Crippen molar-refractivity contribution in [3.8, 4) is 16.8 Å². The monoisotopic (exact) mass is 465 g/mol. The topological polar surface area (TPSA) is 71.8 Å². The average Bonchev–Trinajstić information content (AvgIpc) is 3.22. The fourth-order valence-electron chi connectivity index (χ4n) is 3.27. The van der Waals surface area contributed by atoms with E-state index in [1.807, 2.05) is 57.2 Å². The van der Waals surface area contributed by atoms with Crippen molar-refractivity contribution in [2.24, 2.45) is 0 Å². The molecule has 0 bridgehead atoms. The van der Waals surface area contributed by atoms with E-state index in [1.165, 1.54) is 0 Å². The minimum absolute atomic E-state index is 0.314. The molecule has 4 aromatic rings. The zero-order valence-electron chi connectivity index (χ0n) is 18.7. The lowest BCUT2D eigenvalue weighted by molar-refractivity contribution is 0.262. The molecule has 0 aliphatic carbocycles. The van der Waals surface area contributed by atoms with Gasteiger partial charge in [0.15, 0.2) is 11.6 Å². The van der Waals surface area contributed by atoms with Crippen molar-refractivity contribution in [3.05, 3.63) is 90.1 Å². The van der Waals surface area contributed by atoms with Crippen molar-refractivity contribution in [2.45, 2.75) is 26.2 Å². The maximum absolute atomic E-state index is 14.0. The summed E-state index contributed by atoms with van der Waals surface area (Å²) in [7, 11) is 0. The third kappa shape index (κ3) is 4.93. The number of carbonyl (C=O) groups excluding carboxylic acids is 1. The molecule has 0 spiro atoms. The molecule has 0 atom stereocenters. The summed E-state index contributed by atoms with van der Waals surface area (Å²) in [5, 5.41) is 9.50. The summed E-state index contributed by atoms with van der Waals surface area (Å²) in [5.74, 6) is -3.40. The summed E-state index contributed by atoms with van der Waals surface area (Å²) < 4.78 is 42.2. The number of rotatable bonds is 4. The van der Waals surface area contributed by atoms with Crippen molar-refractivity contribution in [1.82, 2.24) is 14.8 Å². The highest BCUT2D eigenvalue weighted by Crippen LogP contribution is 2.28. The van der Waals surface area contributed by atoms with E-state index < -0.39 is 29.2 Å². The summed E-state index contributed by atoms with van der Waals surface area (Å²) >= 11 is 0. The molecule has 6 nitrogen and oxygen atoms in total. The smallest absolute Gasteiger partial charge is 0.305 e. The maximum Gasteiger partial charge on any atom is 0.324 e. The van der Waals surface area contributed by atoms with E-state index in [1.54, 1.807) is 23.1 Å². The minimum atomic E-state index is -1.34. The number of halogens is 3. The van der Waals surface area contributed by atoms with Crippen LogP contribution in [0.4, 0.5) is 29.5 Å². The summed E-state index contributed by atoms with van der Waals surface area (Å²) in [6, 6.07) is 13.1. The Morgan fingerprint density at radius 1 is 0.882 bits per heavy atom. The first-order valence-corrected chi connectivity index (χ1v) is 10.5. The molecule has 0 fully saturated rings. The van der Waals surface area contributed by atoms with Gasteiger partial charge in [-0.1, -0.05) is 39.0 Å². The number of amides is 2. The Kier molecular flexibility index (Phi) is 6.10. The number of pyridine rings is 1. The molecule has 2 aromatic carbocycles. The molecule has 2 N–H and O–H groups in total. The summed E-state index contributed by atoms with van der Waals surface area (Å²) in [4.78, 5) is 16.8. The molecule has 0 aliphatic rings. The van der Waals surface area contributed by atoms with Crippen molar-refractivity contribution in [1.29, 1.82) is 0 Å². The number of nitrogens with one attached hydrogen (secondary N) is 2. The number of hydrogen-bond donors (Lipinski definition) is 2. The number of carbonyl (C=O) groups is 1. The largest absolute Gasteiger partial charge is 0.324 e. The van der Waals surface area contributed by atoms with E-state index in [4.69, 9.17) is 0 Å². The number of nitrogens with zero attached hydrogens (tertiary/aromatic N) is 3. The fourth-order valence-corrected chi connectivity index (χ4v) is 3.27. The highest BCUT2D eigenvalue weighted by molar-refractivity contribution is 5.99. The van der Waals surface area contributed by atoms with Gasteiger partial charge in [-0.3, -0.25) is 10.3 Å². The lowest BCUT2D eigenvalue weighted by Crippen LogP contribution is -2.22. The van der Waals surface area contributed by atoms with Gasteiger partial charge < -0.3 is 5.32 Å². The summed E-state index contributed by atoms with van der Waals surface area (Å²) in [6.07, 6.45) is 3.43. The Balaban J connectivity index is 1.68. The van der Waals surface area contributed by atoms with Crippen LogP contribution in [0.15, 0.2) is 67.0 Å². The van der Waals surface area contributed by atoms with Crippen LogP contribution in [0.5, 0.6) is 0 Å². The molecular weight excluding hydrogens is 443 g/mol. The molecule has 34 heavy (non-hydrogen) atoms. The van der Waals surface area contributed by atoms with Crippen LogP contribution in [0.3, 0.4) is 0 Å². The highest BCUT2D eigenvalue weighted by atomic mass is 19.2. The van der Waals surface area contributed by atoms with Gasteiger partial charge in [0.25, 0.3) is 0 Å². The Morgan fingerprint density at radius 2 is 1.62 bits per heavy atom. The van der Waals surface area contributed by atoms with Gasteiger partial charge in [0.05, 0.1) is 17.1 Å². The number of aromatic nitrogens is 3. The zero-order chi connectivity index (χ0) is 24.5. The molecular formula is C25H22F3N5O. The van der Waals surface area contributed by atoms with Gasteiger partial charge in [0, 0.05) is 41.6 Å². The van der Waals surface area contributed by atoms with Gasteiger partial charge in [-0.2, -0.15) is 5.10 Å². The minimum Gasteiger partial charge on any atom is -0.305 e. The Hall–Kier alpha value is -4.14. The van der Waals surface area contributed by atoms with Crippen LogP contribution in [0.2, 0.25) is 0 Å². The number of urea groups is 1. The number of benzene rings is 2. The van der Waals surface area contributed by atoms with Crippen molar-refractivity contribution < 1.29 is 18.0 Å². The molecule has 2 amide bonds. The first kappa shape index (κ1) is 23.0. The van der Waals surface area contributed by atoms with Gasteiger partial charge in [-0.05, 0) is 23.8 Å². The predicted octanol–water partition coefficient (Wildman–Crippen LogP) is 6.29. The summed E-state index contributed by atoms with van der Waals surface area (Å²) in [5.41, 5.74) is 2.37. The van der Waals surface area contributed by atoms with Crippen LogP contribution in [0, 0.1) is 17.5 Å². The molecule has 9 heteroatoms. The SMILES string of the molecule is CC(C)(C)c1cc(NC(=O)Nc2cc(F)c(F)cc2F)n(-c2cccc(-c3cccnc3)c2)n1. The van der Waals surface area contributed by atoms with E-state index in [-0.39, 0.29) is 5.41 Å². The quantitative estimate of drug-likeness (QED) is 0.348. The normalized spacial score (nSPS) is 11.4. The van der Waals surface area contributed by atoms with E-state index in [0.717, 1.165) is 11.1 Å². The predicted molar refractivity (Wildman–Crippen MR) is 124 cm³/mol. The van der Waals surface area contributed by atoms with Gasteiger partial charge in [-0.25, -0.2) is 22.6 Å². The van der Waals surface area contributed by atoms with E-state index in [2.05, 4.69) is 20.7 Å². The lowest BCUT2D eigenvalue weighted by atomic mass is 9.92. The standard InChI is InChI=1S/C25H22F3N5O/c1-25(2,3)22-13-23(31-24(34)30-21-12-19(27)18(26)11-20(21)28)33(32-22)17-8-4-6-15(10-17)16-7-5-9-29-14-16/h4-14H,1-3H3,(H2,30,31,34). The fraction of sp³-hybridized carbons (Fsp3) is 0.160. The zero-order valence-corrected chi connectivity index (χ0v) is 18.7. The number of anilines is 2. The summed E-state index contributed by atoms with van der Waals surface area (Å²) in [6.45, 7) is 5.94. The molecule has 2 heterocycles. The first-order valence-electron chi connectivity index (χ1n) is 10.5. The first-order chi connectivity index (χ1) is 16.1. The van der Waals surface area contributed by atoms with Crippen LogP contribution in [-0.2, 0) is 5.41 Å². The highest BCUT2D eigenvalue weighted by Gasteiger charge is 2.22. The van der Waals surface area contributed by atoms with E-state index >= 15 is 0 Å². The van der Waals surface area contributed by atoms with E-state index in [9.17, 15) is 18.0 Å².